The molecule has 1 aliphatic carbocycles. The molecule has 0 radical (unpaired) electrons. The van der Waals surface area contributed by atoms with Crippen LogP contribution in [0.3, 0.4) is 0 Å². The maximum absolute atomic E-state index is 12.8. The minimum Gasteiger partial charge on any atom is -0.366 e. The highest BCUT2D eigenvalue weighted by atomic mass is 16.2. The van der Waals surface area contributed by atoms with Gasteiger partial charge in [-0.3, -0.25) is 9.69 Å². The van der Waals surface area contributed by atoms with Crippen LogP contribution in [0, 0.1) is 0 Å². The van der Waals surface area contributed by atoms with Crippen LogP contribution in [0.15, 0.2) is 42.5 Å². The molecule has 154 valence electrons. The molecule has 1 saturated carbocycles. The molecular weight excluding hydrogens is 362 g/mol. The van der Waals surface area contributed by atoms with Crippen LogP contribution in [-0.2, 0) is 6.54 Å². The van der Waals surface area contributed by atoms with Gasteiger partial charge >= 0.3 is 0 Å². The average Bonchev–Trinajstić information content (AvgIpc) is 3.04. The van der Waals surface area contributed by atoms with Crippen LogP contribution in [0.5, 0.6) is 0 Å². The molecule has 1 aromatic carbocycles. The Labute approximate surface area is 173 Å². The molecule has 0 spiro atoms. The average molecular weight is 394 g/mol. The van der Waals surface area contributed by atoms with Crippen molar-refractivity contribution in [3.05, 3.63) is 53.7 Å². The van der Waals surface area contributed by atoms with Crippen LogP contribution < -0.4 is 5.32 Å². The molecule has 2 heterocycles. The Morgan fingerprint density at radius 3 is 2.28 bits per heavy atom. The number of carbonyl (C=O) groups is 1. The van der Waals surface area contributed by atoms with Gasteiger partial charge in [-0.2, -0.15) is 0 Å². The van der Waals surface area contributed by atoms with Crippen LogP contribution >= 0.6 is 0 Å². The van der Waals surface area contributed by atoms with Gasteiger partial charge in [0.1, 0.15) is 5.82 Å². The minimum absolute atomic E-state index is 0.0159. The Kier molecular flexibility index (Phi) is 6.72. The summed E-state index contributed by atoms with van der Waals surface area (Å²) in [5.41, 5.74) is 1.75. The van der Waals surface area contributed by atoms with Crippen molar-refractivity contribution in [1.82, 2.24) is 20.0 Å². The third kappa shape index (κ3) is 5.54. The Morgan fingerprint density at radius 1 is 0.897 bits per heavy atom. The van der Waals surface area contributed by atoms with Crippen LogP contribution in [-0.4, -0.2) is 58.1 Å². The Bertz CT molecular complexity index is 764. The van der Waals surface area contributed by atoms with E-state index in [1.165, 1.54) is 44.1 Å². The topological polar surface area (TPSA) is 61.4 Å². The fraction of sp³-hybridized carbons (Fsp3) is 0.522. The van der Waals surface area contributed by atoms with Gasteiger partial charge in [0.05, 0.1) is 0 Å². The third-order valence-electron chi connectivity index (χ3n) is 6.00. The van der Waals surface area contributed by atoms with Gasteiger partial charge in [-0.05, 0) is 30.5 Å². The van der Waals surface area contributed by atoms with Gasteiger partial charge in [-0.1, -0.05) is 56.0 Å². The summed E-state index contributed by atoms with van der Waals surface area (Å²) < 4.78 is 0. The molecule has 0 unspecified atom stereocenters. The van der Waals surface area contributed by atoms with E-state index in [0.29, 0.717) is 11.7 Å². The number of hydrogen-bond donors (Lipinski definition) is 1. The van der Waals surface area contributed by atoms with Gasteiger partial charge < -0.3 is 10.2 Å². The molecule has 2 aliphatic rings. The standard InChI is InChI=1S/C23H31N5O/c29-23(28-16-14-27(15-17-28)18-19-8-4-3-5-9-19)21-12-13-22(26-25-21)24-20-10-6-1-2-7-11-20/h3-5,8-9,12-13,20H,1-2,6-7,10-11,14-18H2,(H,24,26). The minimum atomic E-state index is -0.0159. The number of nitrogens with one attached hydrogen (secondary N) is 1. The van der Waals surface area contributed by atoms with Gasteiger partial charge in [0.2, 0.25) is 0 Å². The molecule has 2 fully saturated rings. The normalized spacial score (nSPS) is 19.0. The first-order chi connectivity index (χ1) is 14.3. The first-order valence-electron chi connectivity index (χ1n) is 10.9. The van der Waals surface area contributed by atoms with Gasteiger partial charge in [0.25, 0.3) is 5.91 Å². The molecule has 1 aliphatic heterocycles. The van der Waals surface area contributed by atoms with E-state index in [0.717, 1.165) is 38.5 Å². The monoisotopic (exact) mass is 393 g/mol. The zero-order valence-corrected chi connectivity index (χ0v) is 17.1. The van der Waals surface area contributed by atoms with Crippen molar-refractivity contribution in [1.29, 1.82) is 0 Å². The number of anilines is 1. The highest BCUT2D eigenvalue weighted by Crippen LogP contribution is 2.20. The maximum Gasteiger partial charge on any atom is 0.274 e. The summed E-state index contributed by atoms with van der Waals surface area (Å²) in [4.78, 5) is 17.1. The van der Waals surface area contributed by atoms with Gasteiger partial charge in [-0.15, -0.1) is 10.2 Å². The summed E-state index contributed by atoms with van der Waals surface area (Å²) in [5.74, 6) is 0.763. The van der Waals surface area contributed by atoms with Crippen molar-refractivity contribution in [3.8, 4) is 0 Å². The molecule has 4 rings (SSSR count). The van der Waals surface area contributed by atoms with E-state index < -0.39 is 0 Å². The number of carbonyl (C=O) groups excluding carboxylic acids is 1. The lowest BCUT2D eigenvalue weighted by Gasteiger charge is -2.34. The van der Waals surface area contributed by atoms with Crippen molar-refractivity contribution in [2.24, 2.45) is 0 Å². The lowest BCUT2D eigenvalue weighted by Crippen LogP contribution is -2.48. The molecule has 1 aromatic heterocycles. The second kappa shape index (κ2) is 9.83. The Morgan fingerprint density at radius 2 is 1.62 bits per heavy atom. The van der Waals surface area contributed by atoms with E-state index in [4.69, 9.17) is 0 Å². The number of benzene rings is 1. The smallest absolute Gasteiger partial charge is 0.274 e. The van der Waals surface area contributed by atoms with Gasteiger partial charge in [-0.25, -0.2) is 0 Å². The molecule has 6 nitrogen and oxygen atoms in total. The molecule has 1 N–H and O–H groups in total. The number of hydrogen-bond acceptors (Lipinski definition) is 5. The van der Waals surface area contributed by atoms with Gasteiger partial charge in [0, 0.05) is 38.8 Å². The summed E-state index contributed by atoms with van der Waals surface area (Å²) in [5, 5.41) is 12.0. The first kappa shape index (κ1) is 19.8. The predicted octanol–water partition coefficient (Wildman–Crippen LogP) is 3.57. The second-order valence-electron chi connectivity index (χ2n) is 8.19. The highest BCUT2D eigenvalue weighted by molar-refractivity contribution is 5.92. The summed E-state index contributed by atoms with van der Waals surface area (Å²) in [6.45, 7) is 4.17. The number of aromatic nitrogens is 2. The predicted molar refractivity (Wildman–Crippen MR) is 115 cm³/mol. The molecule has 0 bridgehead atoms. The number of amides is 1. The quantitative estimate of drug-likeness (QED) is 0.787. The molecule has 1 saturated heterocycles. The fourth-order valence-electron chi connectivity index (χ4n) is 4.27. The molecule has 2 aromatic rings. The molecule has 0 atom stereocenters. The Balaban J connectivity index is 1.27. The van der Waals surface area contributed by atoms with E-state index in [1.807, 2.05) is 23.1 Å². The van der Waals surface area contributed by atoms with E-state index in [1.54, 1.807) is 0 Å². The molecule has 1 amide bonds. The fourth-order valence-corrected chi connectivity index (χ4v) is 4.27. The van der Waals surface area contributed by atoms with Crippen molar-refractivity contribution < 1.29 is 4.79 Å². The summed E-state index contributed by atoms with van der Waals surface area (Å²) >= 11 is 0. The van der Waals surface area contributed by atoms with E-state index in [2.05, 4.69) is 44.7 Å². The van der Waals surface area contributed by atoms with Crippen molar-refractivity contribution >= 4 is 11.7 Å². The lowest BCUT2D eigenvalue weighted by atomic mass is 10.1. The molecular formula is C23H31N5O. The highest BCUT2D eigenvalue weighted by Gasteiger charge is 2.23. The largest absolute Gasteiger partial charge is 0.366 e. The zero-order valence-electron chi connectivity index (χ0n) is 17.1. The summed E-state index contributed by atoms with van der Waals surface area (Å²) in [6, 6.07) is 14.7. The lowest BCUT2D eigenvalue weighted by molar-refractivity contribution is 0.0621. The van der Waals surface area contributed by atoms with E-state index in [9.17, 15) is 4.79 Å². The number of piperazine rings is 1. The molecule has 29 heavy (non-hydrogen) atoms. The van der Waals surface area contributed by atoms with Crippen LogP contribution in [0.25, 0.3) is 0 Å². The summed E-state index contributed by atoms with van der Waals surface area (Å²) in [7, 11) is 0. The van der Waals surface area contributed by atoms with Crippen LogP contribution in [0.1, 0.15) is 54.6 Å². The van der Waals surface area contributed by atoms with Gasteiger partial charge in [0.15, 0.2) is 5.69 Å². The Hall–Kier alpha value is -2.47. The van der Waals surface area contributed by atoms with E-state index >= 15 is 0 Å². The first-order valence-corrected chi connectivity index (χ1v) is 10.9. The van der Waals surface area contributed by atoms with Crippen LogP contribution in [0.2, 0.25) is 0 Å². The van der Waals surface area contributed by atoms with E-state index in [-0.39, 0.29) is 5.91 Å². The summed E-state index contributed by atoms with van der Waals surface area (Å²) in [6.07, 6.45) is 7.59. The van der Waals surface area contributed by atoms with Crippen molar-refractivity contribution in [3.63, 3.8) is 0 Å². The van der Waals surface area contributed by atoms with Crippen molar-refractivity contribution in [2.75, 3.05) is 31.5 Å². The molecule has 6 heteroatoms. The third-order valence-corrected chi connectivity index (χ3v) is 6.00. The van der Waals surface area contributed by atoms with Crippen LogP contribution in [0.4, 0.5) is 5.82 Å². The zero-order chi connectivity index (χ0) is 19.9. The maximum atomic E-state index is 12.8. The number of rotatable bonds is 5. The SMILES string of the molecule is O=C(c1ccc(NC2CCCCCC2)nn1)N1CCN(Cc2ccccc2)CC1. The van der Waals surface area contributed by atoms with Crippen molar-refractivity contribution in [2.45, 2.75) is 51.1 Å². The second-order valence-corrected chi connectivity index (χ2v) is 8.19. The number of nitrogens with zero attached hydrogens (tertiary/aromatic N) is 4.